The number of anilines is 1. The number of Topliss-reactive ketones (excluding diaryl/α,β-unsaturated/α-hetero) is 1. The van der Waals surface area contributed by atoms with Gasteiger partial charge in [0.15, 0.2) is 12.4 Å². The maximum absolute atomic E-state index is 11.8. The van der Waals surface area contributed by atoms with Crippen LogP contribution in [0.3, 0.4) is 0 Å². The van der Waals surface area contributed by atoms with Crippen LogP contribution in [0.5, 0.6) is 0 Å². The smallest absolute Gasteiger partial charge is 0.330 e. The lowest BCUT2D eigenvalue weighted by molar-refractivity contribution is -0.136. The van der Waals surface area contributed by atoms with Gasteiger partial charge in [0.25, 0.3) is 0 Å². The number of carbonyl (C=O) groups is 3. The lowest BCUT2D eigenvalue weighted by Gasteiger charge is -2.08. The summed E-state index contributed by atoms with van der Waals surface area (Å²) in [6, 6.07) is 6.45. The molecule has 1 amide bonds. The molecule has 1 N–H and O–H groups in total. The Morgan fingerprint density at radius 3 is 2.33 bits per heavy atom. The number of benzene rings is 1. The molecular weight excluding hydrogens is 270 g/mol. The molecule has 21 heavy (non-hydrogen) atoms. The third-order valence-electron chi connectivity index (χ3n) is 2.65. The van der Waals surface area contributed by atoms with E-state index in [9.17, 15) is 14.4 Å². The molecule has 0 aromatic heterocycles. The Bertz CT molecular complexity index is 544. The van der Waals surface area contributed by atoms with Gasteiger partial charge in [-0.1, -0.05) is 19.9 Å². The van der Waals surface area contributed by atoms with Crippen LogP contribution in [0.15, 0.2) is 36.4 Å². The fraction of sp³-hybridized carbons (Fsp3) is 0.312. The van der Waals surface area contributed by atoms with E-state index < -0.39 is 5.97 Å². The van der Waals surface area contributed by atoms with E-state index in [0.717, 1.165) is 0 Å². The molecule has 5 heteroatoms. The molecular formula is C16H19NO4. The first-order valence-electron chi connectivity index (χ1n) is 6.67. The molecule has 1 aromatic carbocycles. The van der Waals surface area contributed by atoms with Crippen LogP contribution in [0.1, 0.15) is 31.1 Å². The highest BCUT2D eigenvalue weighted by atomic mass is 16.5. The molecule has 0 spiro atoms. The van der Waals surface area contributed by atoms with Crippen molar-refractivity contribution in [3.8, 4) is 0 Å². The zero-order chi connectivity index (χ0) is 15.8. The van der Waals surface area contributed by atoms with Crippen LogP contribution in [-0.4, -0.2) is 24.3 Å². The Kier molecular flexibility index (Phi) is 6.33. The van der Waals surface area contributed by atoms with Gasteiger partial charge in [0.1, 0.15) is 0 Å². The second kappa shape index (κ2) is 7.99. The Labute approximate surface area is 124 Å². The van der Waals surface area contributed by atoms with Crippen molar-refractivity contribution < 1.29 is 19.1 Å². The standard InChI is InChI=1S/C16H19NO4/c1-4-5-15(19)21-10-14(18)12-6-8-13(9-7-12)17-16(20)11(2)3/h4-9,11H,10H2,1-3H3,(H,17,20)/b5-4+. The van der Waals surface area contributed by atoms with Gasteiger partial charge in [-0.25, -0.2) is 4.79 Å². The monoisotopic (exact) mass is 289 g/mol. The summed E-state index contributed by atoms with van der Waals surface area (Å²) < 4.78 is 4.78. The summed E-state index contributed by atoms with van der Waals surface area (Å²) in [5.74, 6) is -1.05. The summed E-state index contributed by atoms with van der Waals surface area (Å²) in [6.45, 7) is 4.98. The van der Waals surface area contributed by atoms with Crippen LogP contribution >= 0.6 is 0 Å². The summed E-state index contributed by atoms with van der Waals surface area (Å²) in [6.07, 6.45) is 2.79. The van der Waals surface area contributed by atoms with Crippen molar-refractivity contribution in [2.75, 3.05) is 11.9 Å². The highest BCUT2D eigenvalue weighted by molar-refractivity contribution is 5.99. The Morgan fingerprint density at radius 2 is 1.81 bits per heavy atom. The van der Waals surface area contributed by atoms with Gasteiger partial charge in [-0.3, -0.25) is 9.59 Å². The largest absolute Gasteiger partial charge is 0.454 e. The molecule has 0 radical (unpaired) electrons. The Balaban J connectivity index is 2.59. The number of carbonyl (C=O) groups excluding carboxylic acids is 3. The first kappa shape index (κ1) is 16.6. The predicted molar refractivity (Wildman–Crippen MR) is 80.0 cm³/mol. The molecule has 0 unspecified atom stereocenters. The second-order valence-electron chi connectivity index (χ2n) is 4.75. The topological polar surface area (TPSA) is 72.5 Å². The summed E-state index contributed by atoms with van der Waals surface area (Å²) in [5, 5.41) is 2.73. The molecule has 0 saturated carbocycles. The maximum Gasteiger partial charge on any atom is 0.330 e. The van der Waals surface area contributed by atoms with Gasteiger partial charge in [0.2, 0.25) is 5.91 Å². The van der Waals surface area contributed by atoms with Gasteiger partial charge in [0.05, 0.1) is 0 Å². The van der Waals surface area contributed by atoms with Gasteiger partial charge in [0, 0.05) is 23.2 Å². The van der Waals surface area contributed by atoms with Crippen molar-refractivity contribution in [2.45, 2.75) is 20.8 Å². The van der Waals surface area contributed by atoms with E-state index in [-0.39, 0.29) is 24.2 Å². The molecule has 5 nitrogen and oxygen atoms in total. The minimum Gasteiger partial charge on any atom is -0.454 e. The van der Waals surface area contributed by atoms with Crippen LogP contribution in [0.2, 0.25) is 0 Å². The van der Waals surface area contributed by atoms with E-state index in [1.54, 1.807) is 51.1 Å². The minimum absolute atomic E-state index is 0.0886. The fourth-order valence-electron chi connectivity index (χ4n) is 1.43. The number of ketones is 1. The molecule has 0 fully saturated rings. The zero-order valence-electron chi connectivity index (χ0n) is 12.4. The number of ether oxygens (including phenoxy) is 1. The highest BCUT2D eigenvalue weighted by Crippen LogP contribution is 2.11. The van der Waals surface area contributed by atoms with Crippen LogP contribution in [-0.2, 0) is 14.3 Å². The molecule has 1 aromatic rings. The molecule has 0 aliphatic heterocycles. The van der Waals surface area contributed by atoms with Gasteiger partial charge in [-0.05, 0) is 31.2 Å². The van der Waals surface area contributed by atoms with Crippen molar-refractivity contribution in [1.29, 1.82) is 0 Å². The number of nitrogens with one attached hydrogen (secondary N) is 1. The van der Waals surface area contributed by atoms with Crippen LogP contribution in [0, 0.1) is 5.92 Å². The summed E-state index contributed by atoms with van der Waals surface area (Å²) in [4.78, 5) is 34.4. The first-order valence-corrected chi connectivity index (χ1v) is 6.67. The first-order chi connectivity index (χ1) is 9.93. The van der Waals surface area contributed by atoms with E-state index in [1.807, 2.05) is 0 Å². The van der Waals surface area contributed by atoms with E-state index in [4.69, 9.17) is 4.74 Å². The molecule has 1 rings (SSSR count). The SMILES string of the molecule is C/C=C/C(=O)OCC(=O)c1ccc(NC(=O)C(C)C)cc1. The number of hydrogen-bond donors (Lipinski definition) is 1. The van der Waals surface area contributed by atoms with Gasteiger partial charge in [-0.2, -0.15) is 0 Å². The lowest BCUT2D eigenvalue weighted by atomic mass is 10.1. The molecule has 0 aliphatic carbocycles. The Morgan fingerprint density at radius 1 is 1.19 bits per heavy atom. The van der Waals surface area contributed by atoms with E-state index in [1.165, 1.54) is 6.08 Å². The van der Waals surface area contributed by atoms with Crippen molar-refractivity contribution >= 4 is 23.3 Å². The summed E-state index contributed by atoms with van der Waals surface area (Å²) in [7, 11) is 0. The van der Waals surface area contributed by atoms with Crippen LogP contribution in [0.4, 0.5) is 5.69 Å². The fourth-order valence-corrected chi connectivity index (χ4v) is 1.43. The van der Waals surface area contributed by atoms with E-state index in [2.05, 4.69) is 5.32 Å². The number of amides is 1. The maximum atomic E-state index is 11.8. The van der Waals surface area contributed by atoms with Crippen molar-refractivity contribution in [2.24, 2.45) is 5.92 Å². The molecule has 0 bridgehead atoms. The van der Waals surface area contributed by atoms with Crippen LogP contribution < -0.4 is 5.32 Å². The normalized spacial score (nSPS) is 10.7. The average molecular weight is 289 g/mol. The molecule has 0 heterocycles. The van der Waals surface area contributed by atoms with Gasteiger partial charge >= 0.3 is 5.97 Å². The summed E-state index contributed by atoms with van der Waals surface area (Å²) in [5.41, 5.74) is 1.04. The quantitative estimate of drug-likeness (QED) is 0.496. The molecule has 112 valence electrons. The third-order valence-corrected chi connectivity index (χ3v) is 2.65. The number of hydrogen-bond acceptors (Lipinski definition) is 4. The zero-order valence-corrected chi connectivity index (χ0v) is 12.4. The van der Waals surface area contributed by atoms with Gasteiger partial charge < -0.3 is 10.1 Å². The van der Waals surface area contributed by atoms with Crippen LogP contribution in [0.25, 0.3) is 0 Å². The molecule has 0 saturated heterocycles. The van der Waals surface area contributed by atoms with Crippen molar-refractivity contribution in [3.63, 3.8) is 0 Å². The summed E-state index contributed by atoms with van der Waals surface area (Å²) >= 11 is 0. The van der Waals surface area contributed by atoms with E-state index in [0.29, 0.717) is 11.3 Å². The predicted octanol–water partition coefficient (Wildman–Crippen LogP) is 2.58. The lowest BCUT2D eigenvalue weighted by Crippen LogP contribution is -2.18. The number of esters is 1. The minimum atomic E-state index is -0.549. The molecule has 0 atom stereocenters. The third kappa shape index (κ3) is 5.60. The van der Waals surface area contributed by atoms with Crippen molar-refractivity contribution in [1.82, 2.24) is 0 Å². The highest BCUT2D eigenvalue weighted by Gasteiger charge is 2.10. The van der Waals surface area contributed by atoms with Crippen molar-refractivity contribution in [3.05, 3.63) is 42.0 Å². The average Bonchev–Trinajstić information content (AvgIpc) is 2.45. The second-order valence-corrected chi connectivity index (χ2v) is 4.75. The number of allylic oxidation sites excluding steroid dienone is 1. The van der Waals surface area contributed by atoms with Gasteiger partial charge in [-0.15, -0.1) is 0 Å². The van der Waals surface area contributed by atoms with E-state index >= 15 is 0 Å². The molecule has 0 aliphatic rings. The Hall–Kier alpha value is -2.43. The number of rotatable bonds is 6.